The van der Waals surface area contributed by atoms with Gasteiger partial charge in [-0.25, -0.2) is 9.98 Å². The van der Waals surface area contributed by atoms with E-state index in [-0.39, 0.29) is 11.9 Å². The molecule has 0 aliphatic heterocycles. The molecular formula is C24H26Cl2N8O. The van der Waals surface area contributed by atoms with Crippen molar-refractivity contribution in [1.29, 1.82) is 0 Å². The van der Waals surface area contributed by atoms with Crippen LogP contribution >= 0.6 is 23.2 Å². The average Bonchev–Trinajstić information content (AvgIpc) is 3.41. The van der Waals surface area contributed by atoms with E-state index in [4.69, 9.17) is 34.7 Å². The first kappa shape index (κ1) is 24.4. The Bertz CT molecular complexity index is 1350. The number of carbonyl (C=O) groups is 1. The van der Waals surface area contributed by atoms with Gasteiger partial charge in [0.2, 0.25) is 0 Å². The monoisotopic (exact) mass is 512 g/mol. The number of nitrogens with zero attached hydrogens (tertiary/aromatic N) is 4. The molecule has 0 aliphatic carbocycles. The van der Waals surface area contributed by atoms with Crippen molar-refractivity contribution in [3.63, 3.8) is 0 Å². The zero-order valence-corrected chi connectivity index (χ0v) is 20.6. The lowest BCUT2D eigenvalue weighted by atomic mass is 10.2. The summed E-state index contributed by atoms with van der Waals surface area (Å²) < 4.78 is 1.87. The number of halogens is 2. The standard InChI is InChI=1S/C24H26Cl2N8O/c1-33-14-17(30-24(27)28)13-21(33)22-31-19-7-2-15(12-20(19)32-22)23(35)29-16-3-5-18(6-4-16)34(10-8-25)11-9-26/h2-7,12-14H,8-11H2,1H3,(H,29,35)(H,31,32)(H4,27,28,30). The summed E-state index contributed by atoms with van der Waals surface area (Å²) in [5, 5.41) is 2.94. The summed E-state index contributed by atoms with van der Waals surface area (Å²) in [7, 11) is 1.88. The summed E-state index contributed by atoms with van der Waals surface area (Å²) in [6.07, 6.45) is 1.80. The maximum absolute atomic E-state index is 12.9. The molecule has 2 heterocycles. The van der Waals surface area contributed by atoms with Crippen molar-refractivity contribution in [2.24, 2.45) is 23.5 Å². The summed E-state index contributed by atoms with van der Waals surface area (Å²) in [5.41, 5.74) is 16.1. The highest BCUT2D eigenvalue weighted by atomic mass is 35.5. The lowest BCUT2D eigenvalue weighted by Crippen LogP contribution is -2.27. The van der Waals surface area contributed by atoms with E-state index in [2.05, 4.69) is 25.2 Å². The molecule has 182 valence electrons. The van der Waals surface area contributed by atoms with Crippen LogP contribution in [0.2, 0.25) is 0 Å². The van der Waals surface area contributed by atoms with E-state index in [1.807, 2.05) is 48.0 Å². The minimum absolute atomic E-state index is 0.0140. The number of amides is 1. The zero-order valence-electron chi connectivity index (χ0n) is 19.1. The number of nitrogens with one attached hydrogen (secondary N) is 2. The fourth-order valence-electron chi connectivity index (χ4n) is 3.80. The summed E-state index contributed by atoms with van der Waals surface area (Å²) in [6, 6.07) is 14.8. The second-order valence-corrected chi connectivity index (χ2v) is 8.67. The Morgan fingerprint density at radius 1 is 1.11 bits per heavy atom. The van der Waals surface area contributed by atoms with Gasteiger partial charge in [-0.1, -0.05) is 0 Å². The van der Waals surface area contributed by atoms with Crippen LogP contribution in [0.1, 0.15) is 10.4 Å². The van der Waals surface area contributed by atoms with Crippen LogP contribution in [-0.4, -0.2) is 51.3 Å². The van der Waals surface area contributed by atoms with Crippen LogP contribution in [0.4, 0.5) is 17.1 Å². The molecule has 9 nitrogen and oxygen atoms in total. The number of alkyl halides is 2. The molecule has 6 N–H and O–H groups in total. The number of rotatable bonds is 9. The molecule has 4 aromatic rings. The molecular weight excluding hydrogens is 487 g/mol. The highest BCUT2D eigenvalue weighted by molar-refractivity contribution is 6.18. The van der Waals surface area contributed by atoms with Crippen LogP contribution in [0.15, 0.2) is 59.7 Å². The number of guanidine groups is 1. The Morgan fingerprint density at radius 2 is 1.83 bits per heavy atom. The van der Waals surface area contributed by atoms with Gasteiger partial charge in [0.05, 0.1) is 22.4 Å². The number of imidazole rings is 1. The van der Waals surface area contributed by atoms with E-state index in [0.29, 0.717) is 47.6 Å². The predicted octanol–water partition coefficient (Wildman–Crippen LogP) is 4.01. The number of benzene rings is 2. The van der Waals surface area contributed by atoms with Crippen LogP contribution in [0, 0.1) is 0 Å². The summed E-state index contributed by atoms with van der Waals surface area (Å²) in [4.78, 5) is 27.0. The molecule has 0 atom stereocenters. The highest BCUT2D eigenvalue weighted by Crippen LogP contribution is 2.26. The molecule has 0 fully saturated rings. The average molecular weight is 513 g/mol. The lowest BCUT2D eigenvalue weighted by molar-refractivity contribution is 0.102. The van der Waals surface area contributed by atoms with Crippen LogP contribution < -0.4 is 21.7 Å². The third-order valence-corrected chi connectivity index (χ3v) is 5.77. The number of aliphatic imine (C=N–C) groups is 1. The highest BCUT2D eigenvalue weighted by Gasteiger charge is 2.13. The SMILES string of the molecule is Cn1cc(N=C(N)N)cc1-c1nc2ccc(C(=O)Nc3ccc(N(CCCl)CCCl)cc3)cc2[nH]1. The van der Waals surface area contributed by atoms with Crippen LogP contribution in [0.5, 0.6) is 0 Å². The molecule has 0 aliphatic rings. The van der Waals surface area contributed by atoms with Gasteiger partial charge in [0, 0.05) is 55.0 Å². The van der Waals surface area contributed by atoms with E-state index in [0.717, 1.165) is 22.4 Å². The normalized spacial score (nSPS) is 10.9. The van der Waals surface area contributed by atoms with Crippen molar-refractivity contribution in [3.8, 4) is 11.5 Å². The minimum atomic E-state index is -0.219. The number of hydrogen-bond acceptors (Lipinski definition) is 4. The predicted molar refractivity (Wildman–Crippen MR) is 144 cm³/mol. The molecule has 0 unspecified atom stereocenters. The van der Waals surface area contributed by atoms with Crippen LogP contribution in [-0.2, 0) is 7.05 Å². The molecule has 11 heteroatoms. The lowest BCUT2D eigenvalue weighted by Gasteiger charge is -2.23. The quantitative estimate of drug-likeness (QED) is 0.153. The molecule has 0 bridgehead atoms. The fourth-order valence-corrected chi connectivity index (χ4v) is 4.21. The molecule has 2 aromatic carbocycles. The van der Waals surface area contributed by atoms with Gasteiger partial charge in [0.1, 0.15) is 0 Å². The number of nitrogens with two attached hydrogens (primary N) is 2. The minimum Gasteiger partial charge on any atom is -0.370 e. The Morgan fingerprint density at radius 3 is 2.49 bits per heavy atom. The van der Waals surface area contributed by atoms with Crippen molar-refractivity contribution in [3.05, 3.63) is 60.3 Å². The zero-order chi connectivity index (χ0) is 24.9. The maximum Gasteiger partial charge on any atom is 0.255 e. The number of anilines is 2. The Kier molecular flexibility index (Phi) is 7.48. The Labute approximate surface area is 212 Å². The molecule has 2 aromatic heterocycles. The van der Waals surface area contributed by atoms with E-state index in [1.54, 1.807) is 18.3 Å². The van der Waals surface area contributed by atoms with E-state index in [1.165, 1.54) is 0 Å². The Hall–Kier alpha value is -3.69. The van der Waals surface area contributed by atoms with Crippen LogP contribution in [0.25, 0.3) is 22.6 Å². The summed E-state index contributed by atoms with van der Waals surface area (Å²) >= 11 is 11.8. The van der Waals surface area contributed by atoms with Gasteiger partial charge in [0.15, 0.2) is 11.8 Å². The smallest absolute Gasteiger partial charge is 0.255 e. The largest absolute Gasteiger partial charge is 0.370 e. The molecule has 1 amide bonds. The maximum atomic E-state index is 12.9. The van der Waals surface area contributed by atoms with Gasteiger partial charge < -0.3 is 31.2 Å². The molecule has 0 saturated carbocycles. The second kappa shape index (κ2) is 10.7. The molecule has 4 rings (SSSR count). The van der Waals surface area contributed by atoms with Gasteiger partial charge >= 0.3 is 0 Å². The fraction of sp³-hybridized carbons (Fsp3) is 0.208. The van der Waals surface area contributed by atoms with Gasteiger partial charge in [0.25, 0.3) is 5.91 Å². The van der Waals surface area contributed by atoms with Crippen molar-refractivity contribution < 1.29 is 4.79 Å². The summed E-state index contributed by atoms with van der Waals surface area (Å²) in [6.45, 7) is 1.40. The number of H-pyrrole nitrogens is 1. The molecule has 0 radical (unpaired) electrons. The van der Waals surface area contributed by atoms with E-state index in [9.17, 15) is 4.79 Å². The summed E-state index contributed by atoms with van der Waals surface area (Å²) in [5.74, 6) is 1.43. The van der Waals surface area contributed by atoms with Crippen molar-refractivity contribution in [2.45, 2.75) is 0 Å². The first-order valence-corrected chi connectivity index (χ1v) is 12.0. The third kappa shape index (κ3) is 5.70. The van der Waals surface area contributed by atoms with Gasteiger partial charge in [-0.05, 0) is 48.5 Å². The van der Waals surface area contributed by atoms with E-state index < -0.39 is 0 Å². The number of carbonyl (C=O) groups excluding carboxylic acids is 1. The first-order valence-electron chi connectivity index (χ1n) is 10.9. The Balaban J connectivity index is 1.51. The topological polar surface area (TPSA) is 130 Å². The van der Waals surface area contributed by atoms with Crippen LogP contribution in [0.3, 0.4) is 0 Å². The third-order valence-electron chi connectivity index (χ3n) is 5.43. The molecule has 0 spiro atoms. The second-order valence-electron chi connectivity index (χ2n) is 7.91. The molecule has 35 heavy (non-hydrogen) atoms. The number of aromatic nitrogens is 3. The number of aryl methyl sites for hydroxylation is 1. The van der Waals surface area contributed by atoms with Crippen molar-refractivity contribution >= 4 is 63.2 Å². The number of fused-ring (bicyclic) bond motifs is 1. The van der Waals surface area contributed by atoms with Crippen molar-refractivity contribution in [1.82, 2.24) is 14.5 Å². The van der Waals surface area contributed by atoms with Crippen molar-refractivity contribution in [2.75, 3.05) is 35.1 Å². The van der Waals surface area contributed by atoms with E-state index >= 15 is 0 Å². The number of aromatic amines is 1. The first-order chi connectivity index (χ1) is 16.9. The van der Waals surface area contributed by atoms with Gasteiger partial charge in [-0.3, -0.25) is 4.79 Å². The number of hydrogen-bond donors (Lipinski definition) is 4. The molecule has 0 saturated heterocycles. The van der Waals surface area contributed by atoms with Gasteiger partial charge in [-0.2, -0.15) is 0 Å². The van der Waals surface area contributed by atoms with Gasteiger partial charge in [-0.15, -0.1) is 23.2 Å².